The smallest absolute Gasteiger partial charge is 0.327 e. The summed E-state index contributed by atoms with van der Waals surface area (Å²) in [4.78, 5) is 29.1. The molecule has 1 unspecified atom stereocenters. The van der Waals surface area contributed by atoms with Crippen molar-refractivity contribution in [3.63, 3.8) is 0 Å². The molecule has 0 bridgehead atoms. The molecule has 122 valence electrons. The molecular weight excluding hydrogens is 307 g/mol. The third kappa shape index (κ3) is 4.50. The Morgan fingerprint density at radius 3 is 2.95 bits per heavy atom. The molecule has 2 rings (SSSR count). The van der Waals surface area contributed by atoms with E-state index in [2.05, 4.69) is 19.8 Å². The summed E-state index contributed by atoms with van der Waals surface area (Å²) in [6.07, 6.45) is 6.71. The van der Waals surface area contributed by atoms with E-state index in [1.807, 2.05) is 4.57 Å². The van der Waals surface area contributed by atoms with Gasteiger partial charge in [0, 0.05) is 19.8 Å². The molecule has 8 nitrogen and oxygen atoms in total. The number of Topliss-reactive ketones (excluding diaryl/α,β-unsaturated/α-hetero) is 1. The van der Waals surface area contributed by atoms with Crippen molar-refractivity contribution in [2.75, 3.05) is 25.1 Å². The highest BCUT2D eigenvalue weighted by Gasteiger charge is 2.19. The van der Waals surface area contributed by atoms with Crippen LogP contribution in [0.3, 0.4) is 0 Å². The number of carbonyl (C=O) groups excluding carboxylic acids is 1. The van der Waals surface area contributed by atoms with Crippen molar-refractivity contribution in [1.82, 2.24) is 9.55 Å². The minimum Gasteiger partial charge on any atom is -0.331 e. The standard InChI is InChI=1S/C13H21N4O4P/c1-21-22(19,20)7-5-3-2-4-6-17-10-16-12-11(18)8-14-9-15-13(12)17/h9-10H,2-8H2,1H3,(H,14,15)(H,19,20). The summed E-state index contributed by atoms with van der Waals surface area (Å²) in [7, 11) is -2.12. The fraction of sp³-hybridized carbons (Fsp3) is 0.615. The number of nitrogens with one attached hydrogen (secondary N) is 1. The Morgan fingerprint density at radius 1 is 1.41 bits per heavy atom. The number of carbonyl (C=O) groups is 1. The molecule has 1 atom stereocenters. The second-order valence-electron chi connectivity index (χ2n) is 5.13. The molecule has 1 aliphatic rings. The maximum absolute atomic E-state index is 11.8. The van der Waals surface area contributed by atoms with Gasteiger partial charge in [0.15, 0.2) is 5.69 Å². The van der Waals surface area contributed by atoms with Crippen LogP contribution in [0.25, 0.3) is 0 Å². The summed E-state index contributed by atoms with van der Waals surface area (Å²) >= 11 is 0. The number of unbranched alkanes of at least 4 members (excludes halogenated alkanes) is 3. The monoisotopic (exact) mass is 328 g/mol. The van der Waals surface area contributed by atoms with Crippen LogP contribution in [-0.2, 0) is 15.6 Å². The van der Waals surface area contributed by atoms with Crippen molar-refractivity contribution in [3.05, 3.63) is 12.0 Å². The van der Waals surface area contributed by atoms with E-state index in [4.69, 9.17) is 0 Å². The molecule has 0 radical (unpaired) electrons. The first-order valence-electron chi connectivity index (χ1n) is 7.24. The Hall–Kier alpha value is -1.50. The summed E-state index contributed by atoms with van der Waals surface area (Å²) in [5.74, 6) is 0.596. The van der Waals surface area contributed by atoms with Gasteiger partial charge < -0.3 is 19.3 Å². The zero-order valence-corrected chi connectivity index (χ0v) is 13.5. The number of imidazole rings is 1. The number of hydrogen-bond acceptors (Lipinski definition) is 6. The van der Waals surface area contributed by atoms with Crippen LogP contribution in [0.2, 0.25) is 0 Å². The van der Waals surface area contributed by atoms with Crippen molar-refractivity contribution in [2.45, 2.75) is 32.2 Å². The summed E-state index contributed by atoms with van der Waals surface area (Å²) < 4.78 is 17.7. The molecule has 0 spiro atoms. The topological polar surface area (TPSA) is 106 Å². The SMILES string of the molecule is COP(=O)(O)CCCCCCn1cnc2c1NC=NCC2=O. The van der Waals surface area contributed by atoms with E-state index in [0.717, 1.165) is 25.8 Å². The molecule has 0 aliphatic carbocycles. The van der Waals surface area contributed by atoms with E-state index < -0.39 is 7.60 Å². The van der Waals surface area contributed by atoms with Crippen LogP contribution < -0.4 is 5.32 Å². The number of aryl methyl sites for hydroxylation is 1. The molecule has 9 heteroatoms. The first-order chi connectivity index (χ1) is 10.5. The van der Waals surface area contributed by atoms with Crippen LogP contribution in [0, 0.1) is 0 Å². The molecule has 0 amide bonds. The van der Waals surface area contributed by atoms with Gasteiger partial charge in [-0.2, -0.15) is 0 Å². The van der Waals surface area contributed by atoms with Crippen LogP contribution in [0.5, 0.6) is 0 Å². The fourth-order valence-electron chi connectivity index (χ4n) is 2.26. The number of aromatic nitrogens is 2. The summed E-state index contributed by atoms with van der Waals surface area (Å²) in [5.41, 5.74) is 0.429. The number of ketones is 1. The normalized spacial score (nSPS) is 16.7. The second kappa shape index (κ2) is 7.67. The third-order valence-electron chi connectivity index (χ3n) is 3.50. The Labute approximate surface area is 129 Å². The summed E-state index contributed by atoms with van der Waals surface area (Å²) in [5, 5.41) is 2.99. The molecule has 0 saturated carbocycles. The Balaban J connectivity index is 1.75. The average Bonchev–Trinajstić information content (AvgIpc) is 2.80. The minimum absolute atomic E-state index is 0.0896. The molecule has 0 aromatic carbocycles. The van der Waals surface area contributed by atoms with E-state index in [1.54, 1.807) is 6.33 Å². The van der Waals surface area contributed by atoms with E-state index in [0.29, 0.717) is 17.9 Å². The van der Waals surface area contributed by atoms with E-state index >= 15 is 0 Å². The predicted molar refractivity (Wildman–Crippen MR) is 83.7 cm³/mol. The van der Waals surface area contributed by atoms with Gasteiger partial charge in [0.2, 0.25) is 5.78 Å². The predicted octanol–water partition coefficient (Wildman–Crippen LogP) is 1.91. The Morgan fingerprint density at radius 2 is 2.18 bits per heavy atom. The van der Waals surface area contributed by atoms with Gasteiger partial charge in [0.05, 0.1) is 12.7 Å². The number of fused-ring (bicyclic) bond motifs is 1. The Kier molecular flexibility index (Phi) is 5.88. The summed E-state index contributed by atoms with van der Waals surface area (Å²) in [6, 6.07) is 0. The van der Waals surface area contributed by atoms with E-state index in [-0.39, 0.29) is 18.5 Å². The van der Waals surface area contributed by atoms with Gasteiger partial charge >= 0.3 is 7.60 Å². The van der Waals surface area contributed by atoms with Gasteiger partial charge in [-0.05, 0) is 12.8 Å². The van der Waals surface area contributed by atoms with Crippen LogP contribution in [0.1, 0.15) is 36.2 Å². The molecule has 1 aromatic heterocycles. The van der Waals surface area contributed by atoms with Gasteiger partial charge in [0.1, 0.15) is 12.4 Å². The highest BCUT2D eigenvalue weighted by Crippen LogP contribution is 2.41. The fourth-order valence-corrected chi connectivity index (χ4v) is 3.06. The van der Waals surface area contributed by atoms with Crippen molar-refractivity contribution in [2.24, 2.45) is 4.99 Å². The maximum atomic E-state index is 11.8. The number of aliphatic imine (C=N–C) groups is 1. The molecule has 1 aliphatic heterocycles. The van der Waals surface area contributed by atoms with Crippen LogP contribution in [0.4, 0.5) is 5.82 Å². The lowest BCUT2D eigenvalue weighted by molar-refractivity contribution is 0.0999. The van der Waals surface area contributed by atoms with Crippen LogP contribution in [0.15, 0.2) is 11.3 Å². The lowest BCUT2D eigenvalue weighted by Gasteiger charge is -2.09. The molecular formula is C13H21N4O4P. The molecule has 0 fully saturated rings. The third-order valence-corrected chi connectivity index (χ3v) is 4.96. The minimum atomic E-state index is -3.38. The van der Waals surface area contributed by atoms with Crippen molar-refractivity contribution in [3.8, 4) is 0 Å². The van der Waals surface area contributed by atoms with Gasteiger partial charge in [-0.1, -0.05) is 12.8 Å². The number of nitrogens with zero attached hydrogens (tertiary/aromatic N) is 3. The van der Waals surface area contributed by atoms with E-state index in [1.165, 1.54) is 13.4 Å². The maximum Gasteiger partial charge on any atom is 0.327 e. The first-order valence-corrected chi connectivity index (χ1v) is 9.00. The van der Waals surface area contributed by atoms with Crippen LogP contribution in [-0.4, -0.2) is 46.4 Å². The van der Waals surface area contributed by atoms with Gasteiger partial charge in [-0.15, -0.1) is 0 Å². The van der Waals surface area contributed by atoms with Crippen molar-refractivity contribution in [1.29, 1.82) is 0 Å². The van der Waals surface area contributed by atoms with Gasteiger partial charge in [0.25, 0.3) is 0 Å². The zero-order valence-electron chi connectivity index (χ0n) is 12.6. The molecule has 2 heterocycles. The van der Waals surface area contributed by atoms with Gasteiger partial charge in [-0.25, -0.2) is 4.98 Å². The number of rotatable bonds is 8. The number of hydrogen-bond donors (Lipinski definition) is 2. The summed E-state index contributed by atoms with van der Waals surface area (Å²) in [6.45, 7) is 0.856. The lowest BCUT2D eigenvalue weighted by atomic mass is 10.2. The number of anilines is 1. The van der Waals surface area contributed by atoms with E-state index in [9.17, 15) is 14.3 Å². The molecule has 22 heavy (non-hydrogen) atoms. The first kappa shape index (κ1) is 16.9. The average molecular weight is 328 g/mol. The molecule has 0 saturated heterocycles. The molecule has 1 aromatic rings. The quantitative estimate of drug-likeness (QED) is 0.558. The second-order valence-corrected chi connectivity index (χ2v) is 7.22. The van der Waals surface area contributed by atoms with Crippen molar-refractivity contribution < 1.29 is 18.8 Å². The lowest BCUT2D eigenvalue weighted by Crippen LogP contribution is -2.07. The van der Waals surface area contributed by atoms with Crippen molar-refractivity contribution >= 4 is 25.5 Å². The highest BCUT2D eigenvalue weighted by atomic mass is 31.2. The highest BCUT2D eigenvalue weighted by molar-refractivity contribution is 7.52. The zero-order chi connectivity index (χ0) is 16.0. The molecule has 2 N–H and O–H groups in total. The Bertz CT molecular complexity index is 599. The van der Waals surface area contributed by atoms with Crippen LogP contribution >= 0.6 is 7.60 Å². The van der Waals surface area contributed by atoms with Gasteiger partial charge in [-0.3, -0.25) is 14.4 Å². The largest absolute Gasteiger partial charge is 0.331 e.